The first kappa shape index (κ1) is 24.5. The van der Waals surface area contributed by atoms with Crippen LogP contribution >= 0.6 is 22.6 Å². The summed E-state index contributed by atoms with van der Waals surface area (Å²) >= 11 is 2.10. The van der Waals surface area contributed by atoms with E-state index in [1.807, 2.05) is 53.7 Å². The van der Waals surface area contributed by atoms with Gasteiger partial charge in [-0.3, -0.25) is 4.79 Å². The second kappa shape index (κ2) is 8.68. The maximum atomic E-state index is 13.0. The van der Waals surface area contributed by atoms with Crippen molar-refractivity contribution in [1.29, 1.82) is 0 Å². The van der Waals surface area contributed by atoms with Gasteiger partial charge in [0.1, 0.15) is 11.2 Å². The molecule has 1 aromatic heterocycles. The van der Waals surface area contributed by atoms with Crippen LogP contribution in [0.4, 0.5) is 9.59 Å². The van der Waals surface area contributed by atoms with Gasteiger partial charge in [0.25, 0.3) is 0 Å². The maximum absolute atomic E-state index is 13.0. The largest absolute Gasteiger partial charge is 0.444 e. The van der Waals surface area contributed by atoms with Crippen molar-refractivity contribution in [1.82, 2.24) is 9.47 Å². The van der Waals surface area contributed by atoms with E-state index in [9.17, 15) is 14.4 Å². The molecule has 3 rings (SSSR count). The number of hydrogen-bond donors (Lipinski definition) is 0. The van der Waals surface area contributed by atoms with Crippen molar-refractivity contribution in [2.75, 3.05) is 13.1 Å². The van der Waals surface area contributed by atoms with Crippen molar-refractivity contribution < 1.29 is 23.9 Å². The number of carbonyl (C=O) groups is 3. The van der Waals surface area contributed by atoms with Gasteiger partial charge in [-0.15, -0.1) is 0 Å². The van der Waals surface area contributed by atoms with E-state index < -0.39 is 17.3 Å². The number of fused-ring (bicyclic) bond motifs is 1. The summed E-state index contributed by atoms with van der Waals surface area (Å²) in [5, 5.41) is 0.837. The smallest absolute Gasteiger partial charge is 0.419 e. The third-order valence-electron chi connectivity index (χ3n) is 5.19. The lowest BCUT2D eigenvalue weighted by molar-refractivity contribution is 0.0292. The molecule has 1 aromatic carbocycles. The molecule has 0 saturated carbocycles. The van der Waals surface area contributed by atoms with Crippen LogP contribution < -0.4 is 0 Å². The van der Waals surface area contributed by atoms with Crippen molar-refractivity contribution in [2.45, 2.75) is 72.0 Å². The third kappa shape index (κ3) is 5.27. The number of ether oxygens (including phenoxy) is 2. The Labute approximate surface area is 202 Å². The molecule has 8 heteroatoms. The molecular formula is C24H31IN2O5. The molecule has 2 aromatic rings. The molecule has 2 heterocycles. The van der Waals surface area contributed by atoms with Crippen molar-refractivity contribution in [3.63, 3.8) is 0 Å². The van der Waals surface area contributed by atoms with Crippen LogP contribution in [-0.4, -0.2) is 51.7 Å². The number of Topliss-reactive ketones (excluding diaryl/α,β-unsaturated/α-hetero) is 1. The molecule has 174 valence electrons. The van der Waals surface area contributed by atoms with Gasteiger partial charge in [-0.1, -0.05) is 6.07 Å². The monoisotopic (exact) mass is 554 g/mol. The van der Waals surface area contributed by atoms with E-state index in [0.29, 0.717) is 27.9 Å². The molecule has 0 aliphatic carbocycles. The highest BCUT2D eigenvalue weighted by atomic mass is 127. The van der Waals surface area contributed by atoms with Crippen LogP contribution in [-0.2, 0) is 9.47 Å². The van der Waals surface area contributed by atoms with Gasteiger partial charge < -0.3 is 14.4 Å². The van der Waals surface area contributed by atoms with Gasteiger partial charge >= 0.3 is 12.2 Å². The predicted molar refractivity (Wildman–Crippen MR) is 131 cm³/mol. The lowest BCUT2D eigenvalue weighted by Crippen LogP contribution is -2.35. The van der Waals surface area contributed by atoms with Gasteiger partial charge in [-0.2, -0.15) is 0 Å². The molecule has 0 radical (unpaired) electrons. The number of likely N-dealkylation sites (tertiary alicyclic amines) is 1. The fourth-order valence-electron chi connectivity index (χ4n) is 3.94. The third-order valence-corrected chi connectivity index (χ3v) is 5.98. The summed E-state index contributed by atoms with van der Waals surface area (Å²) in [6, 6.07) is 5.63. The molecule has 7 nitrogen and oxygen atoms in total. The van der Waals surface area contributed by atoms with Crippen LogP contribution in [0.25, 0.3) is 10.9 Å². The first-order valence-corrected chi connectivity index (χ1v) is 11.8. The number of rotatable bonds is 2. The average Bonchev–Trinajstić information content (AvgIpc) is 3.21. The molecule has 0 N–H and O–H groups in total. The Balaban J connectivity index is 2.03. The minimum absolute atomic E-state index is 0.0799. The van der Waals surface area contributed by atoms with Gasteiger partial charge in [0.15, 0.2) is 5.78 Å². The van der Waals surface area contributed by atoms with Crippen molar-refractivity contribution in [2.24, 2.45) is 0 Å². The van der Waals surface area contributed by atoms with Gasteiger partial charge in [-0.25, -0.2) is 14.2 Å². The average molecular weight is 554 g/mol. The van der Waals surface area contributed by atoms with Gasteiger partial charge in [0, 0.05) is 30.0 Å². The van der Waals surface area contributed by atoms with Gasteiger partial charge in [-0.05, 0) is 95.2 Å². The van der Waals surface area contributed by atoms with Crippen molar-refractivity contribution in [3.05, 3.63) is 33.0 Å². The second-order valence-corrected chi connectivity index (χ2v) is 11.3. The van der Waals surface area contributed by atoms with Crippen LogP contribution in [0, 0.1) is 3.70 Å². The van der Waals surface area contributed by atoms with Crippen LogP contribution in [0.15, 0.2) is 18.2 Å². The molecule has 1 aliphatic heterocycles. The molecule has 1 saturated heterocycles. The van der Waals surface area contributed by atoms with E-state index in [1.54, 1.807) is 11.0 Å². The predicted octanol–water partition coefficient (Wildman–Crippen LogP) is 5.96. The second-order valence-electron chi connectivity index (χ2n) is 10.2. The minimum Gasteiger partial charge on any atom is -0.444 e. The molecular weight excluding hydrogens is 523 g/mol. The quantitative estimate of drug-likeness (QED) is 0.339. The van der Waals surface area contributed by atoms with Crippen LogP contribution in [0.2, 0.25) is 0 Å². The molecule has 1 fully saturated rings. The molecule has 0 spiro atoms. The highest BCUT2D eigenvalue weighted by Gasteiger charge is 2.33. The zero-order valence-electron chi connectivity index (χ0n) is 19.7. The molecule has 1 aliphatic rings. The highest BCUT2D eigenvalue weighted by molar-refractivity contribution is 14.1. The van der Waals surface area contributed by atoms with Crippen LogP contribution in [0.1, 0.15) is 76.7 Å². The first-order chi connectivity index (χ1) is 14.7. The van der Waals surface area contributed by atoms with E-state index in [0.717, 1.165) is 17.4 Å². The normalized spacial score (nSPS) is 17.0. The zero-order valence-corrected chi connectivity index (χ0v) is 21.9. The summed E-state index contributed by atoms with van der Waals surface area (Å²) in [5.41, 5.74) is 0.830. The minimum atomic E-state index is -0.663. The molecule has 1 atom stereocenters. The lowest BCUT2D eigenvalue weighted by Gasteiger charge is -2.24. The number of nitrogens with zero attached hydrogens (tertiary/aromatic N) is 2. The van der Waals surface area contributed by atoms with E-state index in [-0.39, 0.29) is 17.8 Å². The summed E-state index contributed by atoms with van der Waals surface area (Å²) in [7, 11) is 0. The van der Waals surface area contributed by atoms with Gasteiger partial charge in [0.2, 0.25) is 0 Å². The maximum Gasteiger partial charge on any atom is 0.419 e. The topological polar surface area (TPSA) is 77.8 Å². The number of benzene rings is 1. The Morgan fingerprint density at radius 1 is 1.00 bits per heavy atom. The number of carbonyl (C=O) groups excluding carboxylic acids is 3. The summed E-state index contributed by atoms with van der Waals surface area (Å²) in [5.74, 6) is -0.0426. The molecule has 0 bridgehead atoms. The lowest BCUT2D eigenvalue weighted by atomic mass is 9.93. The van der Waals surface area contributed by atoms with Crippen molar-refractivity contribution in [3.8, 4) is 0 Å². The molecule has 1 unspecified atom stereocenters. The number of ketones is 1. The van der Waals surface area contributed by atoms with E-state index in [1.165, 1.54) is 11.5 Å². The molecule has 1 amide bonds. The SMILES string of the molecule is CC(=O)c1ccc(C2CCN(C(=O)OC(C)(C)C)C2)c2cc(I)n(C(=O)OC(C)(C)C)c12. The first-order valence-electron chi connectivity index (χ1n) is 10.7. The fourth-order valence-corrected chi connectivity index (χ4v) is 4.69. The number of halogens is 1. The summed E-state index contributed by atoms with van der Waals surface area (Å²) in [4.78, 5) is 39.6. The number of amides is 1. The standard InChI is InChI=1S/C24H31IN2O5/c1-14(28)16-8-9-17(15-10-11-26(13-15)21(29)31-23(2,3)4)18-12-19(25)27(20(16)18)22(30)32-24(5,6)7/h8-9,12,15H,10-11,13H2,1-7H3. The van der Waals surface area contributed by atoms with Crippen LogP contribution in [0.5, 0.6) is 0 Å². The van der Waals surface area contributed by atoms with Crippen molar-refractivity contribution >= 4 is 51.5 Å². The summed E-state index contributed by atoms with van der Waals surface area (Å²) in [6.45, 7) is 13.6. The Bertz CT molecular complexity index is 1070. The number of hydrogen-bond acceptors (Lipinski definition) is 5. The van der Waals surface area contributed by atoms with E-state index >= 15 is 0 Å². The fraction of sp³-hybridized carbons (Fsp3) is 0.542. The van der Waals surface area contributed by atoms with E-state index in [4.69, 9.17) is 9.47 Å². The Morgan fingerprint density at radius 2 is 1.59 bits per heavy atom. The van der Waals surface area contributed by atoms with E-state index in [2.05, 4.69) is 22.6 Å². The number of aromatic nitrogens is 1. The van der Waals surface area contributed by atoms with Crippen LogP contribution in [0.3, 0.4) is 0 Å². The van der Waals surface area contributed by atoms with Gasteiger partial charge in [0.05, 0.1) is 9.22 Å². The molecule has 32 heavy (non-hydrogen) atoms. The Kier molecular flexibility index (Phi) is 6.66. The zero-order chi connectivity index (χ0) is 24.0. The highest BCUT2D eigenvalue weighted by Crippen LogP contribution is 2.37. The Morgan fingerprint density at radius 3 is 2.16 bits per heavy atom. The summed E-state index contributed by atoms with van der Waals surface area (Å²) < 4.78 is 13.3. The summed E-state index contributed by atoms with van der Waals surface area (Å²) in [6.07, 6.45) is -0.0574. The Hall–Kier alpha value is -2.10.